The van der Waals surface area contributed by atoms with E-state index in [0.717, 1.165) is 5.56 Å². The van der Waals surface area contributed by atoms with E-state index in [9.17, 15) is 5.11 Å². The number of phenolic OH excluding ortho intramolecular Hbond substituents is 1. The Kier molecular flexibility index (Phi) is 5.61. The summed E-state index contributed by atoms with van der Waals surface area (Å²) >= 11 is 0. The fraction of sp³-hybridized carbons (Fsp3) is 0.136. The molecule has 1 N–H and O–H groups in total. The third-order valence-corrected chi connectivity index (χ3v) is 4.10. The first-order valence-electron chi connectivity index (χ1n) is 8.40. The molecule has 0 bridgehead atoms. The van der Waals surface area contributed by atoms with Gasteiger partial charge in [0.05, 0.1) is 32.7 Å². The highest BCUT2D eigenvalue weighted by Crippen LogP contribution is 2.41. The summed E-state index contributed by atoms with van der Waals surface area (Å²) in [7, 11) is 4.68. The fourth-order valence-corrected chi connectivity index (χ4v) is 2.81. The molecule has 0 aliphatic carbocycles. The minimum atomic E-state index is 0.160. The third-order valence-electron chi connectivity index (χ3n) is 4.10. The summed E-state index contributed by atoms with van der Waals surface area (Å²) in [6.07, 6.45) is 0. The van der Waals surface area contributed by atoms with Crippen LogP contribution in [0, 0.1) is 0 Å². The number of aromatic hydroxyl groups is 1. The van der Waals surface area contributed by atoms with Crippen molar-refractivity contribution in [3.8, 4) is 23.0 Å². The van der Waals surface area contributed by atoms with Crippen LogP contribution in [-0.4, -0.2) is 32.1 Å². The number of benzene rings is 3. The van der Waals surface area contributed by atoms with Crippen molar-refractivity contribution in [1.29, 1.82) is 0 Å². The average Bonchev–Trinajstić information content (AvgIpc) is 2.72. The molecule has 0 amide bonds. The highest BCUT2D eigenvalue weighted by atomic mass is 16.5. The van der Waals surface area contributed by atoms with Crippen LogP contribution in [0.1, 0.15) is 11.1 Å². The lowest BCUT2D eigenvalue weighted by Crippen LogP contribution is -2.03. The zero-order valence-corrected chi connectivity index (χ0v) is 15.5. The van der Waals surface area contributed by atoms with E-state index < -0.39 is 0 Å². The van der Waals surface area contributed by atoms with Crippen molar-refractivity contribution in [2.45, 2.75) is 0 Å². The maximum atomic E-state index is 10.4. The van der Waals surface area contributed by atoms with E-state index in [-0.39, 0.29) is 5.75 Å². The molecule has 3 aromatic carbocycles. The molecule has 0 heterocycles. The van der Waals surface area contributed by atoms with Crippen molar-refractivity contribution in [3.05, 3.63) is 77.9 Å². The van der Waals surface area contributed by atoms with Gasteiger partial charge in [0.25, 0.3) is 0 Å². The molecule has 0 fully saturated rings. The van der Waals surface area contributed by atoms with Crippen LogP contribution in [0.3, 0.4) is 0 Å². The fourth-order valence-electron chi connectivity index (χ4n) is 2.81. The average molecular weight is 363 g/mol. The van der Waals surface area contributed by atoms with Gasteiger partial charge >= 0.3 is 0 Å². The SMILES string of the molecule is COc1cc(N=C(c2ccccc2)c2ccccc2O)cc(OC)c1OC. The van der Waals surface area contributed by atoms with Crippen molar-refractivity contribution >= 4 is 11.4 Å². The van der Waals surface area contributed by atoms with Crippen LogP contribution in [0.15, 0.2) is 71.7 Å². The topological polar surface area (TPSA) is 60.3 Å². The second kappa shape index (κ2) is 8.27. The summed E-state index contributed by atoms with van der Waals surface area (Å²) in [4.78, 5) is 4.79. The van der Waals surface area contributed by atoms with Crippen molar-refractivity contribution in [1.82, 2.24) is 0 Å². The van der Waals surface area contributed by atoms with Crippen molar-refractivity contribution in [3.63, 3.8) is 0 Å². The number of hydrogen-bond acceptors (Lipinski definition) is 5. The Morgan fingerprint density at radius 1 is 0.778 bits per heavy atom. The highest BCUT2D eigenvalue weighted by Gasteiger charge is 2.15. The first-order chi connectivity index (χ1) is 13.2. The molecule has 27 heavy (non-hydrogen) atoms. The zero-order chi connectivity index (χ0) is 19.2. The van der Waals surface area contributed by atoms with Gasteiger partial charge in [-0.05, 0) is 12.1 Å². The molecule has 3 aromatic rings. The molecule has 0 saturated carbocycles. The predicted molar refractivity (Wildman–Crippen MR) is 106 cm³/mol. The van der Waals surface area contributed by atoms with Gasteiger partial charge in [-0.1, -0.05) is 42.5 Å². The molecule has 138 valence electrons. The summed E-state index contributed by atoms with van der Waals surface area (Å²) < 4.78 is 16.2. The maximum absolute atomic E-state index is 10.4. The van der Waals surface area contributed by atoms with Crippen LogP contribution in [0.4, 0.5) is 5.69 Å². The van der Waals surface area contributed by atoms with Gasteiger partial charge in [-0.25, -0.2) is 4.99 Å². The lowest BCUT2D eigenvalue weighted by molar-refractivity contribution is 0.324. The van der Waals surface area contributed by atoms with Gasteiger partial charge in [0.1, 0.15) is 5.75 Å². The lowest BCUT2D eigenvalue weighted by atomic mass is 10.0. The standard InChI is InChI=1S/C22H21NO4/c1-25-19-13-16(14-20(26-2)22(19)27-3)23-21(15-9-5-4-6-10-15)17-11-7-8-12-18(17)24/h4-14,24H,1-3H3. The van der Waals surface area contributed by atoms with E-state index in [1.54, 1.807) is 45.6 Å². The molecular weight excluding hydrogens is 342 g/mol. The van der Waals surface area contributed by atoms with Gasteiger partial charge in [0.15, 0.2) is 11.5 Å². The van der Waals surface area contributed by atoms with E-state index >= 15 is 0 Å². The zero-order valence-electron chi connectivity index (χ0n) is 15.5. The number of para-hydroxylation sites is 1. The maximum Gasteiger partial charge on any atom is 0.203 e. The Bertz CT molecular complexity index is 927. The molecule has 5 nitrogen and oxygen atoms in total. The molecule has 0 aliphatic heterocycles. The van der Waals surface area contributed by atoms with E-state index in [2.05, 4.69) is 0 Å². The molecule has 0 unspecified atom stereocenters. The van der Waals surface area contributed by atoms with Crippen LogP contribution in [-0.2, 0) is 0 Å². The number of hydrogen-bond donors (Lipinski definition) is 1. The number of phenols is 1. The monoisotopic (exact) mass is 363 g/mol. The Balaban J connectivity index is 2.22. The Labute approximate surface area is 158 Å². The number of nitrogens with zero attached hydrogens (tertiary/aromatic N) is 1. The van der Waals surface area contributed by atoms with Gasteiger partial charge in [-0.3, -0.25) is 0 Å². The molecule has 0 atom stereocenters. The number of ether oxygens (including phenoxy) is 3. The van der Waals surface area contributed by atoms with Crippen molar-refractivity contribution < 1.29 is 19.3 Å². The van der Waals surface area contributed by atoms with Crippen molar-refractivity contribution in [2.24, 2.45) is 4.99 Å². The number of rotatable bonds is 6. The Hall–Kier alpha value is -3.47. The second-order valence-electron chi connectivity index (χ2n) is 5.73. The summed E-state index contributed by atoms with van der Waals surface area (Å²) in [6, 6.07) is 20.3. The Morgan fingerprint density at radius 2 is 1.37 bits per heavy atom. The first-order valence-corrected chi connectivity index (χ1v) is 8.40. The summed E-state index contributed by atoms with van der Waals surface area (Å²) in [5.74, 6) is 1.69. The van der Waals surface area contributed by atoms with Gasteiger partial charge in [0, 0.05) is 23.3 Å². The molecule has 0 aromatic heterocycles. The van der Waals surface area contributed by atoms with Gasteiger partial charge in [0.2, 0.25) is 5.75 Å². The Morgan fingerprint density at radius 3 is 1.93 bits per heavy atom. The smallest absolute Gasteiger partial charge is 0.203 e. The molecule has 3 rings (SSSR count). The summed E-state index contributed by atoms with van der Waals surface area (Å²) in [5.41, 5.74) is 2.78. The molecule has 0 aliphatic rings. The van der Waals surface area contributed by atoms with Crippen LogP contribution in [0.25, 0.3) is 0 Å². The van der Waals surface area contributed by atoms with E-state index in [1.807, 2.05) is 42.5 Å². The molecule has 5 heteroatoms. The summed E-state index contributed by atoms with van der Waals surface area (Å²) in [5, 5.41) is 10.4. The quantitative estimate of drug-likeness (QED) is 0.651. The number of methoxy groups -OCH3 is 3. The predicted octanol–water partition coefficient (Wildman–Crippen LogP) is 4.59. The van der Waals surface area contributed by atoms with Crippen molar-refractivity contribution in [2.75, 3.05) is 21.3 Å². The van der Waals surface area contributed by atoms with Crippen LogP contribution >= 0.6 is 0 Å². The van der Waals surface area contributed by atoms with Gasteiger partial charge in [-0.15, -0.1) is 0 Å². The summed E-state index contributed by atoms with van der Waals surface area (Å²) in [6.45, 7) is 0. The van der Waals surface area contributed by atoms with E-state index in [0.29, 0.717) is 34.2 Å². The second-order valence-corrected chi connectivity index (χ2v) is 5.73. The normalized spacial score (nSPS) is 11.1. The van der Waals surface area contributed by atoms with Gasteiger partial charge < -0.3 is 19.3 Å². The molecular formula is C22H21NO4. The van der Waals surface area contributed by atoms with E-state index in [4.69, 9.17) is 19.2 Å². The van der Waals surface area contributed by atoms with E-state index in [1.165, 1.54) is 0 Å². The molecule has 0 spiro atoms. The minimum Gasteiger partial charge on any atom is -0.507 e. The highest BCUT2D eigenvalue weighted by molar-refractivity contribution is 6.15. The molecule has 0 saturated heterocycles. The first kappa shape index (κ1) is 18.3. The van der Waals surface area contributed by atoms with Gasteiger partial charge in [-0.2, -0.15) is 0 Å². The largest absolute Gasteiger partial charge is 0.507 e. The lowest BCUT2D eigenvalue weighted by Gasteiger charge is -2.14. The number of aliphatic imine (C=N–C) groups is 1. The molecule has 0 radical (unpaired) electrons. The van der Waals surface area contributed by atoms with Crippen LogP contribution in [0.2, 0.25) is 0 Å². The van der Waals surface area contributed by atoms with Crippen LogP contribution < -0.4 is 14.2 Å². The third kappa shape index (κ3) is 3.87. The van der Waals surface area contributed by atoms with Crippen LogP contribution in [0.5, 0.6) is 23.0 Å². The minimum absolute atomic E-state index is 0.160.